The van der Waals surface area contributed by atoms with E-state index in [1.165, 1.54) is 4.90 Å². The Balaban J connectivity index is 1.78. The third-order valence-electron chi connectivity index (χ3n) is 5.65. The number of aryl methyl sites for hydroxylation is 1. The molecule has 7 heteroatoms. The summed E-state index contributed by atoms with van der Waals surface area (Å²) < 4.78 is 5.78. The number of aromatic nitrogens is 2. The first-order valence-corrected chi connectivity index (χ1v) is 11.2. The highest BCUT2D eigenvalue weighted by Gasteiger charge is 2.46. The quantitative estimate of drug-likeness (QED) is 0.320. The molecule has 174 valence electrons. The number of rotatable bonds is 7. The maximum Gasteiger partial charge on any atom is 0.295 e. The Hall–Kier alpha value is -4.00. The van der Waals surface area contributed by atoms with E-state index in [9.17, 15) is 14.7 Å². The Morgan fingerprint density at radius 3 is 2.44 bits per heavy atom. The van der Waals surface area contributed by atoms with Gasteiger partial charge in [-0.1, -0.05) is 26.0 Å². The number of ketones is 1. The number of carbonyl (C=O) groups is 2. The van der Waals surface area contributed by atoms with Crippen LogP contribution in [0.3, 0.4) is 0 Å². The van der Waals surface area contributed by atoms with Crippen LogP contribution in [0.5, 0.6) is 5.75 Å². The molecule has 0 aliphatic carbocycles. The molecule has 7 nitrogen and oxygen atoms in total. The second-order valence-electron chi connectivity index (χ2n) is 8.76. The summed E-state index contributed by atoms with van der Waals surface area (Å²) in [6.07, 6.45) is 6.53. The Morgan fingerprint density at radius 1 is 1.09 bits per heavy atom. The van der Waals surface area contributed by atoms with Crippen LogP contribution in [0.4, 0.5) is 0 Å². The molecule has 1 aliphatic rings. The summed E-state index contributed by atoms with van der Waals surface area (Å²) in [5, 5.41) is 11.3. The van der Waals surface area contributed by atoms with E-state index < -0.39 is 17.7 Å². The summed E-state index contributed by atoms with van der Waals surface area (Å²) in [5.41, 5.74) is 2.68. The fourth-order valence-corrected chi connectivity index (χ4v) is 4.02. The van der Waals surface area contributed by atoms with E-state index in [-0.39, 0.29) is 17.9 Å². The normalized spacial score (nSPS) is 17.4. The van der Waals surface area contributed by atoms with E-state index in [4.69, 9.17) is 4.74 Å². The zero-order valence-electron chi connectivity index (χ0n) is 19.4. The van der Waals surface area contributed by atoms with Crippen LogP contribution >= 0.6 is 0 Å². The van der Waals surface area contributed by atoms with Crippen LogP contribution in [0, 0.1) is 12.8 Å². The van der Waals surface area contributed by atoms with Gasteiger partial charge in [0.15, 0.2) is 0 Å². The summed E-state index contributed by atoms with van der Waals surface area (Å²) in [4.78, 5) is 36.0. The van der Waals surface area contributed by atoms with E-state index in [1.54, 1.807) is 55.1 Å². The second kappa shape index (κ2) is 9.87. The van der Waals surface area contributed by atoms with Gasteiger partial charge in [-0.05, 0) is 59.9 Å². The van der Waals surface area contributed by atoms with Crippen molar-refractivity contribution in [2.75, 3.05) is 6.61 Å². The lowest BCUT2D eigenvalue weighted by atomic mass is 9.94. The standard InChI is InChI=1S/C27H27N3O4/c1-17(2)16-34-21-8-9-22(18(3)12-21)25(31)23-24(20-7-5-11-29-14-20)30(27(33)26(23)32)15-19-6-4-10-28-13-19/h4-14,17,24,31H,15-16H2,1-3H3/b25-23+/t24-/m0/s1. The number of nitrogens with zero attached hydrogens (tertiary/aromatic N) is 3. The highest BCUT2D eigenvalue weighted by atomic mass is 16.5. The van der Waals surface area contributed by atoms with Crippen LogP contribution in [0.1, 0.15) is 42.1 Å². The number of hydrogen-bond acceptors (Lipinski definition) is 6. The van der Waals surface area contributed by atoms with Crippen molar-refractivity contribution in [2.24, 2.45) is 5.92 Å². The molecule has 34 heavy (non-hydrogen) atoms. The minimum atomic E-state index is -0.773. The number of benzene rings is 1. The fourth-order valence-electron chi connectivity index (χ4n) is 4.02. The van der Waals surface area contributed by atoms with Gasteiger partial charge in [-0.2, -0.15) is 0 Å². The molecule has 0 bridgehead atoms. The zero-order valence-corrected chi connectivity index (χ0v) is 19.4. The first kappa shape index (κ1) is 23.2. The van der Waals surface area contributed by atoms with Crippen LogP contribution in [0.15, 0.2) is 72.8 Å². The minimum absolute atomic E-state index is 0.0424. The molecule has 0 radical (unpaired) electrons. The summed E-state index contributed by atoms with van der Waals surface area (Å²) in [6.45, 7) is 6.72. The number of hydrogen-bond donors (Lipinski definition) is 1. The summed E-state index contributed by atoms with van der Waals surface area (Å²) in [6, 6.07) is 11.7. The van der Waals surface area contributed by atoms with Crippen LogP contribution in [0.2, 0.25) is 0 Å². The molecule has 3 heterocycles. The van der Waals surface area contributed by atoms with Crippen molar-refractivity contribution in [2.45, 2.75) is 33.4 Å². The number of aliphatic hydroxyl groups is 1. The van der Waals surface area contributed by atoms with Crippen LogP contribution < -0.4 is 4.74 Å². The average molecular weight is 458 g/mol. The number of amides is 1. The Bertz CT molecular complexity index is 1220. The first-order chi connectivity index (χ1) is 16.4. The van der Waals surface area contributed by atoms with E-state index in [1.807, 2.05) is 19.1 Å². The fraction of sp³-hybridized carbons (Fsp3) is 0.259. The molecule has 1 aliphatic heterocycles. The molecule has 1 aromatic carbocycles. The van der Waals surface area contributed by atoms with Crippen molar-refractivity contribution >= 4 is 17.4 Å². The molecule has 0 saturated carbocycles. The lowest BCUT2D eigenvalue weighted by molar-refractivity contribution is -0.140. The SMILES string of the molecule is Cc1cc(OCC(C)C)ccc1/C(O)=C1\C(=O)C(=O)N(Cc2cccnc2)[C@H]1c1cccnc1. The predicted octanol–water partition coefficient (Wildman–Crippen LogP) is 4.44. The van der Waals surface area contributed by atoms with E-state index in [0.29, 0.717) is 29.4 Å². The van der Waals surface area contributed by atoms with Crippen LogP contribution in [0.25, 0.3) is 5.76 Å². The molecular weight excluding hydrogens is 430 g/mol. The molecule has 0 spiro atoms. The number of likely N-dealkylation sites (tertiary alicyclic amines) is 1. The van der Waals surface area contributed by atoms with Gasteiger partial charge in [-0.15, -0.1) is 0 Å². The van der Waals surface area contributed by atoms with Gasteiger partial charge in [-0.25, -0.2) is 0 Å². The molecule has 1 N–H and O–H groups in total. The second-order valence-corrected chi connectivity index (χ2v) is 8.76. The van der Waals surface area contributed by atoms with Crippen molar-refractivity contribution < 1.29 is 19.4 Å². The van der Waals surface area contributed by atoms with Gasteiger partial charge in [0.05, 0.1) is 18.2 Å². The van der Waals surface area contributed by atoms with E-state index in [2.05, 4.69) is 23.8 Å². The Kier molecular flexibility index (Phi) is 6.72. The van der Waals surface area contributed by atoms with Crippen molar-refractivity contribution in [1.29, 1.82) is 0 Å². The van der Waals surface area contributed by atoms with Gasteiger partial charge >= 0.3 is 0 Å². The third kappa shape index (κ3) is 4.69. The van der Waals surface area contributed by atoms with E-state index >= 15 is 0 Å². The topological polar surface area (TPSA) is 92.6 Å². The molecule has 2 aromatic heterocycles. The van der Waals surface area contributed by atoms with Gasteiger partial charge in [0.1, 0.15) is 11.5 Å². The maximum absolute atomic E-state index is 13.2. The Labute approximate surface area is 198 Å². The highest BCUT2D eigenvalue weighted by molar-refractivity contribution is 6.46. The van der Waals surface area contributed by atoms with Crippen molar-refractivity contribution in [3.63, 3.8) is 0 Å². The summed E-state index contributed by atoms with van der Waals surface area (Å²) in [7, 11) is 0. The molecule has 1 saturated heterocycles. The number of Topliss-reactive ketones (excluding diaryl/α,β-unsaturated/α-hetero) is 1. The van der Waals surface area contributed by atoms with Gasteiger partial charge in [-0.3, -0.25) is 19.6 Å². The maximum atomic E-state index is 13.2. The molecule has 1 amide bonds. The number of carbonyl (C=O) groups excluding carboxylic acids is 2. The monoisotopic (exact) mass is 457 g/mol. The molecule has 0 unspecified atom stereocenters. The average Bonchev–Trinajstić information content (AvgIpc) is 3.08. The summed E-state index contributed by atoms with van der Waals surface area (Å²) in [5.74, 6) is -0.551. The van der Waals surface area contributed by atoms with Crippen LogP contribution in [-0.2, 0) is 16.1 Å². The number of pyridine rings is 2. The van der Waals surface area contributed by atoms with E-state index in [0.717, 1.165) is 11.1 Å². The van der Waals surface area contributed by atoms with Crippen LogP contribution in [-0.4, -0.2) is 38.3 Å². The molecular formula is C27H27N3O4. The molecule has 3 aromatic rings. The smallest absolute Gasteiger partial charge is 0.295 e. The molecule has 1 atom stereocenters. The van der Waals surface area contributed by atoms with Crippen molar-refractivity contribution in [1.82, 2.24) is 14.9 Å². The van der Waals surface area contributed by atoms with Gasteiger partial charge in [0.25, 0.3) is 11.7 Å². The summed E-state index contributed by atoms with van der Waals surface area (Å²) >= 11 is 0. The lowest BCUT2D eigenvalue weighted by Crippen LogP contribution is -2.29. The van der Waals surface area contributed by atoms with Gasteiger partial charge < -0.3 is 14.7 Å². The van der Waals surface area contributed by atoms with Gasteiger partial charge in [0, 0.05) is 36.9 Å². The molecule has 4 rings (SSSR count). The number of ether oxygens (including phenoxy) is 1. The third-order valence-corrected chi connectivity index (χ3v) is 5.65. The minimum Gasteiger partial charge on any atom is -0.507 e. The first-order valence-electron chi connectivity index (χ1n) is 11.2. The lowest BCUT2D eigenvalue weighted by Gasteiger charge is -2.25. The van der Waals surface area contributed by atoms with Crippen molar-refractivity contribution in [3.05, 3.63) is 95.1 Å². The largest absolute Gasteiger partial charge is 0.507 e. The Morgan fingerprint density at radius 2 is 1.82 bits per heavy atom. The highest BCUT2D eigenvalue weighted by Crippen LogP contribution is 2.40. The van der Waals surface area contributed by atoms with Gasteiger partial charge in [0.2, 0.25) is 0 Å². The van der Waals surface area contributed by atoms with Crippen molar-refractivity contribution in [3.8, 4) is 5.75 Å². The predicted molar refractivity (Wildman–Crippen MR) is 128 cm³/mol. The zero-order chi connectivity index (χ0) is 24.2. The number of aliphatic hydroxyl groups excluding tert-OH is 1. The molecule has 1 fully saturated rings.